The van der Waals surface area contributed by atoms with E-state index in [-0.39, 0.29) is 5.97 Å². The second-order valence-electron chi connectivity index (χ2n) is 5.33. The van der Waals surface area contributed by atoms with Gasteiger partial charge in [0.05, 0.1) is 7.11 Å². The topological polar surface area (TPSA) is 38.3 Å². The van der Waals surface area contributed by atoms with Gasteiger partial charge in [-0.15, -0.1) is 0 Å². The van der Waals surface area contributed by atoms with Gasteiger partial charge in [-0.3, -0.25) is 0 Å². The van der Waals surface area contributed by atoms with Crippen LogP contribution in [0.4, 0.5) is 5.69 Å². The van der Waals surface area contributed by atoms with Crippen molar-refractivity contribution >= 4 is 23.3 Å². The first-order valence-electron chi connectivity index (χ1n) is 6.82. The van der Waals surface area contributed by atoms with E-state index in [0.717, 1.165) is 5.69 Å². The lowest BCUT2D eigenvalue weighted by atomic mass is 9.95. The maximum Gasteiger partial charge on any atom is 0.332 e. The van der Waals surface area contributed by atoms with Crippen LogP contribution in [-0.4, -0.2) is 18.6 Å². The minimum Gasteiger partial charge on any atom is -0.467 e. The highest BCUT2D eigenvalue weighted by Crippen LogP contribution is 2.34. The average molecular weight is 302 g/mol. The molecule has 0 bridgehead atoms. The van der Waals surface area contributed by atoms with Crippen LogP contribution in [0, 0.1) is 0 Å². The van der Waals surface area contributed by atoms with Crippen LogP contribution in [0.25, 0.3) is 0 Å². The second kappa shape index (κ2) is 5.41. The number of fused-ring (bicyclic) bond motifs is 1. The molecule has 21 heavy (non-hydrogen) atoms. The van der Waals surface area contributed by atoms with E-state index in [0.29, 0.717) is 17.9 Å². The van der Waals surface area contributed by atoms with E-state index in [9.17, 15) is 4.79 Å². The van der Waals surface area contributed by atoms with Gasteiger partial charge in [-0.2, -0.15) is 0 Å². The molecule has 2 aromatic carbocycles. The van der Waals surface area contributed by atoms with Gasteiger partial charge in [-0.05, 0) is 29.3 Å². The van der Waals surface area contributed by atoms with Crippen LogP contribution in [-0.2, 0) is 22.4 Å². The van der Waals surface area contributed by atoms with Gasteiger partial charge in [0, 0.05) is 23.6 Å². The van der Waals surface area contributed by atoms with Crippen molar-refractivity contribution in [2.75, 3.05) is 12.4 Å². The number of carbonyl (C=O) groups is 1. The fourth-order valence-corrected chi connectivity index (χ4v) is 3.13. The third-order valence-corrected chi connectivity index (χ3v) is 4.12. The molecule has 1 aliphatic rings. The van der Waals surface area contributed by atoms with E-state index in [1.54, 1.807) is 6.07 Å². The number of nitrogens with one attached hydrogen (secondary N) is 1. The largest absolute Gasteiger partial charge is 0.467 e. The van der Waals surface area contributed by atoms with Gasteiger partial charge >= 0.3 is 5.97 Å². The number of hydrogen-bond donors (Lipinski definition) is 1. The molecule has 0 fully saturated rings. The molecular formula is C17H16ClNO2. The van der Waals surface area contributed by atoms with E-state index in [4.69, 9.17) is 16.3 Å². The Kier molecular flexibility index (Phi) is 3.60. The summed E-state index contributed by atoms with van der Waals surface area (Å²) >= 11 is 6.02. The number of carbonyl (C=O) groups excluding carboxylic acids is 1. The Morgan fingerprint density at radius 1 is 1.14 bits per heavy atom. The molecule has 108 valence electrons. The van der Waals surface area contributed by atoms with Crippen molar-refractivity contribution in [2.45, 2.75) is 18.4 Å². The summed E-state index contributed by atoms with van der Waals surface area (Å²) in [5, 5.41) is 3.97. The highest BCUT2D eigenvalue weighted by Gasteiger charge is 2.44. The number of benzene rings is 2. The molecule has 0 spiro atoms. The lowest BCUT2D eigenvalue weighted by Crippen LogP contribution is -2.48. The standard InChI is InChI=1S/C17H16ClNO2/c1-21-16(20)17(19-15-8-4-7-14(18)9-15)10-12-5-2-3-6-13(12)11-17/h2-9,19H,10-11H2,1H3. The number of halogens is 1. The second-order valence-corrected chi connectivity index (χ2v) is 5.77. The first kappa shape index (κ1) is 14.0. The van der Waals surface area contributed by atoms with Gasteiger partial charge in [0.15, 0.2) is 0 Å². The summed E-state index contributed by atoms with van der Waals surface area (Å²) in [5.41, 5.74) is 2.42. The summed E-state index contributed by atoms with van der Waals surface area (Å²) in [6, 6.07) is 15.5. The number of ether oxygens (including phenoxy) is 1. The van der Waals surface area contributed by atoms with Crippen LogP contribution in [0.3, 0.4) is 0 Å². The molecule has 0 radical (unpaired) electrons. The Hall–Kier alpha value is -2.00. The molecule has 1 N–H and O–H groups in total. The number of esters is 1. The Labute approximate surface area is 128 Å². The highest BCUT2D eigenvalue weighted by atomic mass is 35.5. The molecule has 3 nitrogen and oxygen atoms in total. The Morgan fingerprint density at radius 2 is 1.81 bits per heavy atom. The van der Waals surface area contributed by atoms with Crippen LogP contribution in [0.1, 0.15) is 11.1 Å². The quantitative estimate of drug-likeness (QED) is 0.882. The van der Waals surface area contributed by atoms with E-state index in [2.05, 4.69) is 17.4 Å². The van der Waals surface area contributed by atoms with Gasteiger partial charge in [-0.1, -0.05) is 41.9 Å². The smallest absolute Gasteiger partial charge is 0.332 e. The van der Waals surface area contributed by atoms with Crippen molar-refractivity contribution in [1.82, 2.24) is 0 Å². The highest BCUT2D eigenvalue weighted by molar-refractivity contribution is 6.30. The van der Waals surface area contributed by atoms with Gasteiger partial charge in [0.2, 0.25) is 0 Å². The fourth-order valence-electron chi connectivity index (χ4n) is 2.94. The number of hydrogen-bond acceptors (Lipinski definition) is 3. The van der Waals surface area contributed by atoms with Crippen molar-refractivity contribution in [1.29, 1.82) is 0 Å². The first-order chi connectivity index (χ1) is 10.1. The molecule has 0 saturated carbocycles. The Bertz CT molecular complexity index is 659. The molecule has 4 heteroatoms. The maximum absolute atomic E-state index is 12.4. The third kappa shape index (κ3) is 2.61. The molecule has 1 aliphatic carbocycles. The minimum atomic E-state index is -0.761. The van der Waals surface area contributed by atoms with E-state index < -0.39 is 5.54 Å². The lowest BCUT2D eigenvalue weighted by molar-refractivity contribution is -0.145. The normalized spacial score (nSPS) is 15.3. The summed E-state index contributed by atoms with van der Waals surface area (Å²) in [6.07, 6.45) is 1.23. The van der Waals surface area contributed by atoms with Crippen molar-refractivity contribution in [3.05, 3.63) is 64.7 Å². The Balaban J connectivity index is 1.95. The van der Waals surface area contributed by atoms with Crippen LogP contribution in [0.15, 0.2) is 48.5 Å². The van der Waals surface area contributed by atoms with Crippen molar-refractivity contribution in [3.8, 4) is 0 Å². The van der Waals surface area contributed by atoms with Crippen molar-refractivity contribution in [2.24, 2.45) is 0 Å². The predicted octanol–water partition coefficient (Wildman–Crippen LogP) is 3.46. The Morgan fingerprint density at radius 3 is 2.38 bits per heavy atom. The molecular weight excluding hydrogens is 286 g/mol. The van der Waals surface area contributed by atoms with Crippen LogP contribution >= 0.6 is 11.6 Å². The molecule has 3 rings (SSSR count). The average Bonchev–Trinajstić information content (AvgIpc) is 2.85. The van der Waals surface area contributed by atoms with E-state index in [1.807, 2.05) is 30.3 Å². The first-order valence-corrected chi connectivity index (χ1v) is 7.20. The summed E-state index contributed by atoms with van der Waals surface area (Å²) in [5.74, 6) is -0.251. The number of methoxy groups -OCH3 is 1. The monoisotopic (exact) mass is 301 g/mol. The molecule has 0 atom stereocenters. The predicted molar refractivity (Wildman–Crippen MR) is 83.7 cm³/mol. The summed E-state index contributed by atoms with van der Waals surface area (Å²) in [7, 11) is 1.42. The van der Waals surface area contributed by atoms with Crippen LogP contribution in [0.2, 0.25) is 5.02 Å². The molecule has 0 unspecified atom stereocenters. The van der Waals surface area contributed by atoms with E-state index >= 15 is 0 Å². The SMILES string of the molecule is COC(=O)C1(Nc2cccc(Cl)c2)Cc2ccccc2C1. The zero-order chi connectivity index (χ0) is 14.9. The maximum atomic E-state index is 12.4. The van der Waals surface area contributed by atoms with E-state index in [1.165, 1.54) is 18.2 Å². The van der Waals surface area contributed by atoms with Crippen LogP contribution in [0.5, 0.6) is 0 Å². The molecule has 0 heterocycles. The fraction of sp³-hybridized carbons (Fsp3) is 0.235. The zero-order valence-electron chi connectivity index (χ0n) is 11.7. The molecule has 0 aromatic heterocycles. The number of rotatable bonds is 3. The van der Waals surface area contributed by atoms with Gasteiger partial charge in [0.1, 0.15) is 5.54 Å². The summed E-state index contributed by atoms with van der Waals surface area (Å²) < 4.78 is 5.04. The van der Waals surface area contributed by atoms with Crippen molar-refractivity contribution < 1.29 is 9.53 Å². The molecule has 2 aromatic rings. The molecule has 0 aliphatic heterocycles. The van der Waals surface area contributed by atoms with Gasteiger partial charge < -0.3 is 10.1 Å². The summed E-state index contributed by atoms with van der Waals surface area (Å²) in [6.45, 7) is 0. The molecule has 0 saturated heterocycles. The van der Waals surface area contributed by atoms with Crippen LogP contribution < -0.4 is 5.32 Å². The summed E-state index contributed by atoms with van der Waals surface area (Å²) in [4.78, 5) is 12.4. The minimum absolute atomic E-state index is 0.251. The van der Waals surface area contributed by atoms with Crippen molar-refractivity contribution in [3.63, 3.8) is 0 Å². The molecule has 0 amide bonds. The lowest BCUT2D eigenvalue weighted by Gasteiger charge is -2.28. The zero-order valence-corrected chi connectivity index (χ0v) is 12.5. The number of anilines is 1. The van der Waals surface area contributed by atoms with Gasteiger partial charge in [-0.25, -0.2) is 4.79 Å². The third-order valence-electron chi connectivity index (χ3n) is 3.89. The van der Waals surface area contributed by atoms with Gasteiger partial charge in [0.25, 0.3) is 0 Å².